The molecule has 7 nitrogen and oxygen atoms in total. The van der Waals surface area contributed by atoms with Gasteiger partial charge in [0.2, 0.25) is 5.91 Å². The maximum absolute atomic E-state index is 12.0. The van der Waals surface area contributed by atoms with Crippen molar-refractivity contribution in [2.24, 2.45) is 0 Å². The second-order valence-corrected chi connectivity index (χ2v) is 4.51. The molecule has 1 saturated heterocycles. The highest BCUT2D eigenvalue weighted by molar-refractivity contribution is 5.97. The van der Waals surface area contributed by atoms with Gasteiger partial charge < -0.3 is 15.4 Å². The summed E-state index contributed by atoms with van der Waals surface area (Å²) in [5.74, 6) is 0.172. The monoisotopic (exact) mass is 279 g/mol. The van der Waals surface area contributed by atoms with Crippen LogP contribution in [0.3, 0.4) is 0 Å². The molecule has 1 fully saturated rings. The Labute approximate surface area is 116 Å². The standard InChI is InChI=1S/C13H17N3O4/c1-2-20-9-5-6-10(12(8-9)16(18)19)15-13(17)11-4-3-7-14-11/h5-6,8,11,14H,2-4,7H2,1H3,(H,15,17)/t11-/m0/s1. The van der Waals surface area contributed by atoms with Crippen molar-refractivity contribution < 1.29 is 14.5 Å². The third kappa shape index (κ3) is 3.24. The molecule has 1 amide bonds. The van der Waals surface area contributed by atoms with E-state index < -0.39 is 4.92 Å². The molecule has 1 heterocycles. The van der Waals surface area contributed by atoms with E-state index in [9.17, 15) is 14.9 Å². The zero-order valence-electron chi connectivity index (χ0n) is 11.2. The normalized spacial score (nSPS) is 17.8. The van der Waals surface area contributed by atoms with Gasteiger partial charge >= 0.3 is 0 Å². The van der Waals surface area contributed by atoms with Crippen LogP contribution in [0.15, 0.2) is 18.2 Å². The number of hydrogen-bond acceptors (Lipinski definition) is 5. The predicted molar refractivity (Wildman–Crippen MR) is 73.9 cm³/mol. The van der Waals surface area contributed by atoms with Crippen LogP contribution in [0.2, 0.25) is 0 Å². The van der Waals surface area contributed by atoms with E-state index in [-0.39, 0.29) is 23.3 Å². The summed E-state index contributed by atoms with van der Waals surface area (Å²) in [7, 11) is 0. The number of amides is 1. The minimum Gasteiger partial charge on any atom is -0.494 e. The fourth-order valence-corrected chi connectivity index (χ4v) is 2.15. The number of carbonyl (C=O) groups is 1. The average molecular weight is 279 g/mol. The minimum absolute atomic E-state index is 0.165. The quantitative estimate of drug-likeness (QED) is 0.632. The van der Waals surface area contributed by atoms with Crippen LogP contribution >= 0.6 is 0 Å². The summed E-state index contributed by atoms with van der Waals surface area (Å²) < 4.78 is 5.23. The summed E-state index contributed by atoms with van der Waals surface area (Å²) in [6, 6.07) is 4.15. The molecule has 0 saturated carbocycles. The van der Waals surface area contributed by atoms with Crippen molar-refractivity contribution in [2.75, 3.05) is 18.5 Å². The molecule has 108 valence electrons. The summed E-state index contributed by atoms with van der Waals surface area (Å²) in [4.78, 5) is 22.5. The molecule has 1 aliphatic rings. The second-order valence-electron chi connectivity index (χ2n) is 4.51. The van der Waals surface area contributed by atoms with Gasteiger partial charge in [-0.15, -0.1) is 0 Å². The van der Waals surface area contributed by atoms with Crippen molar-refractivity contribution in [1.82, 2.24) is 5.32 Å². The number of anilines is 1. The third-order valence-corrected chi connectivity index (χ3v) is 3.11. The minimum atomic E-state index is -0.528. The van der Waals surface area contributed by atoms with Gasteiger partial charge in [-0.3, -0.25) is 14.9 Å². The number of carbonyl (C=O) groups excluding carboxylic acids is 1. The van der Waals surface area contributed by atoms with E-state index in [0.717, 1.165) is 19.4 Å². The van der Waals surface area contributed by atoms with E-state index in [4.69, 9.17) is 4.74 Å². The molecule has 7 heteroatoms. The molecular weight excluding hydrogens is 262 g/mol. The second kappa shape index (κ2) is 6.33. The lowest BCUT2D eigenvalue weighted by molar-refractivity contribution is -0.384. The Hall–Kier alpha value is -2.15. The molecule has 0 spiro atoms. The number of nitrogens with one attached hydrogen (secondary N) is 2. The van der Waals surface area contributed by atoms with E-state index in [1.807, 2.05) is 0 Å². The van der Waals surface area contributed by atoms with E-state index in [2.05, 4.69) is 10.6 Å². The summed E-state index contributed by atoms with van der Waals surface area (Å²) in [6.07, 6.45) is 1.68. The van der Waals surface area contributed by atoms with E-state index in [1.165, 1.54) is 12.1 Å². The SMILES string of the molecule is CCOc1ccc(NC(=O)[C@@H]2CCCN2)c([N+](=O)[O-])c1. The molecule has 1 aromatic rings. The number of nitrogens with zero attached hydrogens (tertiary/aromatic N) is 1. The van der Waals surface area contributed by atoms with Gasteiger partial charge in [0, 0.05) is 0 Å². The molecular formula is C13H17N3O4. The van der Waals surface area contributed by atoms with Crippen molar-refractivity contribution in [3.8, 4) is 5.75 Å². The number of hydrogen-bond donors (Lipinski definition) is 2. The highest BCUT2D eigenvalue weighted by atomic mass is 16.6. The lowest BCUT2D eigenvalue weighted by atomic mass is 10.2. The maximum Gasteiger partial charge on any atom is 0.296 e. The molecule has 1 aliphatic heterocycles. The summed E-state index contributed by atoms with van der Waals surface area (Å²) in [5, 5.41) is 16.7. The zero-order chi connectivity index (χ0) is 14.5. The van der Waals surface area contributed by atoms with E-state index >= 15 is 0 Å². The van der Waals surface area contributed by atoms with Crippen LogP contribution in [0.4, 0.5) is 11.4 Å². The predicted octanol–water partition coefficient (Wildman–Crippen LogP) is 1.68. The highest BCUT2D eigenvalue weighted by Gasteiger charge is 2.24. The van der Waals surface area contributed by atoms with Gasteiger partial charge in [0.25, 0.3) is 5.69 Å². The topological polar surface area (TPSA) is 93.5 Å². The zero-order valence-corrected chi connectivity index (χ0v) is 11.2. The number of rotatable bonds is 5. The van der Waals surface area contributed by atoms with E-state index in [1.54, 1.807) is 13.0 Å². The third-order valence-electron chi connectivity index (χ3n) is 3.11. The van der Waals surface area contributed by atoms with Gasteiger partial charge in [0.1, 0.15) is 11.4 Å². The van der Waals surface area contributed by atoms with Gasteiger partial charge in [-0.05, 0) is 38.4 Å². The van der Waals surface area contributed by atoms with Gasteiger partial charge in [-0.25, -0.2) is 0 Å². The molecule has 20 heavy (non-hydrogen) atoms. The number of nitro groups is 1. The Bertz CT molecular complexity index is 512. The fraction of sp³-hybridized carbons (Fsp3) is 0.462. The molecule has 0 aliphatic carbocycles. The smallest absolute Gasteiger partial charge is 0.296 e. The Morgan fingerprint density at radius 2 is 2.40 bits per heavy atom. The van der Waals surface area contributed by atoms with Crippen LogP contribution in [-0.4, -0.2) is 30.0 Å². The van der Waals surface area contributed by atoms with Crippen molar-refractivity contribution in [2.45, 2.75) is 25.8 Å². The first-order chi connectivity index (χ1) is 9.61. The molecule has 2 N–H and O–H groups in total. The van der Waals surface area contributed by atoms with Crippen LogP contribution in [0.5, 0.6) is 5.75 Å². The van der Waals surface area contributed by atoms with E-state index in [0.29, 0.717) is 12.4 Å². The number of nitro benzene ring substituents is 1. The Kier molecular flexibility index (Phi) is 4.52. The van der Waals surface area contributed by atoms with Crippen LogP contribution in [0.25, 0.3) is 0 Å². The number of ether oxygens (including phenoxy) is 1. The molecule has 0 unspecified atom stereocenters. The lowest BCUT2D eigenvalue weighted by Crippen LogP contribution is -2.35. The lowest BCUT2D eigenvalue weighted by Gasteiger charge is -2.12. The molecule has 0 bridgehead atoms. The first-order valence-corrected chi connectivity index (χ1v) is 6.57. The van der Waals surface area contributed by atoms with Crippen LogP contribution < -0.4 is 15.4 Å². The van der Waals surface area contributed by atoms with Crippen LogP contribution in [0.1, 0.15) is 19.8 Å². The highest BCUT2D eigenvalue weighted by Crippen LogP contribution is 2.29. The summed E-state index contributed by atoms with van der Waals surface area (Å²) in [5.41, 5.74) is 0.0273. The van der Waals surface area contributed by atoms with Gasteiger partial charge in [0.05, 0.1) is 23.6 Å². The van der Waals surface area contributed by atoms with Crippen LogP contribution in [0, 0.1) is 10.1 Å². The van der Waals surface area contributed by atoms with Crippen LogP contribution in [-0.2, 0) is 4.79 Å². The summed E-state index contributed by atoms with van der Waals surface area (Å²) >= 11 is 0. The van der Waals surface area contributed by atoms with Gasteiger partial charge in [-0.1, -0.05) is 0 Å². The maximum atomic E-state index is 12.0. The van der Waals surface area contributed by atoms with Crippen molar-refractivity contribution in [3.05, 3.63) is 28.3 Å². The molecule has 2 rings (SSSR count). The van der Waals surface area contributed by atoms with Crippen molar-refractivity contribution in [1.29, 1.82) is 0 Å². The molecule has 1 atom stereocenters. The molecule has 0 aromatic heterocycles. The fourth-order valence-electron chi connectivity index (χ4n) is 2.15. The largest absolute Gasteiger partial charge is 0.494 e. The van der Waals surface area contributed by atoms with Gasteiger partial charge in [0.15, 0.2) is 0 Å². The first kappa shape index (κ1) is 14.3. The Balaban J connectivity index is 2.17. The Morgan fingerprint density at radius 1 is 1.60 bits per heavy atom. The first-order valence-electron chi connectivity index (χ1n) is 6.57. The summed E-state index contributed by atoms with van der Waals surface area (Å²) in [6.45, 7) is 3.02. The molecule has 0 radical (unpaired) electrons. The van der Waals surface area contributed by atoms with Crippen molar-refractivity contribution >= 4 is 17.3 Å². The number of benzene rings is 1. The average Bonchev–Trinajstić information content (AvgIpc) is 2.94. The van der Waals surface area contributed by atoms with Gasteiger partial charge in [-0.2, -0.15) is 0 Å². The van der Waals surface area contributed by atoms with Crippen molar-refractivity contribution in [3.63, 3.8) is 0 Å². The molecule has 1 aromatic carbocycles. The Morgan fingerprint density at radius 3 is 3.00 bits per heavy atom.